The number of phenols is 1. The van der Waals surface area contributed by atoms with E-state index in [0.717, 1.165) is 25.7 Å². The van der Waals surface area contributed by atoms with Gasteiger partial charge in [-0.05, 0) is 37.1 Å². The number of rotatable bonds is 11. The van der Waals surface area contributed by atoms with Crippen molar-refractivity contribution < 1.29 is 24.6 Å². The molecule has 7 heteroatoms. The molecule has 0 unspecified atom stereocenters. The van der Waals surface area contributed by atoms with Gasteiger partial charge in [-0.3, -0.25) is 14.4 Å². The SMILES string of the molecule is O=C(O)CCCCCCCNC(=O)c1ccccc1NC(=O)c1ccccc1O. The number of carbonyl (C=O) groups is 3. The van der Waals surface area contributed by atoms with Gasteiger partial charge in [0.05, 0.1) is 16.8 Å². The average Bonchev–Trinajstić information content (AvgIpc) is 2.70. The van der Waals surface area contributed by atoms with Crippen molar-refractivity contribution in [3.05, 3.63) is 59.7 Å². The number of aromatic hydroxyl groups is 1. The molecule has 2 aromatic carbocycles. The predicted molar refractivity (Wildman–Crippen MR) is 110 cm³/mol. The zero-order valence-corrected chi connectivity index (χ0v) is 16.2. The molecule has 0 saturated heterocycles. The van der Waals surface area contributed by atoms with Crippen molar-refractivity contribution in [2.45, 2.75) is 38.5 Å². The van der Waals surface area contributed by atoms with Gasteiger partial charge in [-0.1, -0.05) is 43.5 Å². The summed E-state index contributed by atoms with van der Waals surface area (Å²) in [6, 6.07) is 12.9. The Kier molecular flexibility index (Phi) is 8.69. The number of benzene rings is 2. The van der Waals surface area contributed by atoms with E-state index >= 15 is 0 Å². The highest BCUT2D eigenvalue weighted by Crippen LogP contribution is 2.20. The number of hydrogen-bond donors (Lipinski definition) is 4. The summed E-state index contributed by atoms with van der Waals surface area (Å²) in [4.78, 5) is 35.3. The maximum absolute atomic E-state index is 12.5. The van der Waals surface area contributed by atoms with Gasteiger partial charge in [-0.2, -0.15) is 0 Å². The molecular formula is C22H26N2O5. The van der Waals surface area contributed by atoms with E-state index in [1.807, 2.05) is 0 Å². The molecule has 0 aliphatic rings. The molecule has 154 valence electrons. The Bertz CT molecular complexity index is 851. The number of carboxylic acids is 1. The molecule has 2 aromatic rings. The van der Waals surface area contributed by atoms with E-state index in [4.69, 9.17) is 5.11 Å². The van der Waals surface area contributed by atoms with E-state index < -0.39 is 11.9 Å². The molecule has 0 heterocycles. The van der Waals surface area contributed by atoms with Crippen LogP contribution in [0.2, 0.25) is 0 Å². The van der Waals surface area contributed by atoms with Gasteiger partial charge in [-0.25, -0.2) is 0 Å². The lowest BCUT2D eigenvalue weighted by molar-refractivity contribution is -0.137. The van der Waals surface area contributed by atoms with Crippen molar-refractivity contribution in [2.24, 2.45) is 0 Å². The standard InChI is InChI=1S/C22H26N2O5/c25-19-13-8-6-11-17(19)22(29)24-18-12-7-5-10-16(18)21(28)23-15-9-3-1-2-4-14-20(26)27/h5-8,10-13,25H,1-4,9,14-15H2,(H,23,28)(H,24,29)(H,26,27). The summed E-state index contributed by atoms with van der Waals surface area (Å²) in [6.45, 7) is 0.500. The minimum atomic E-state index is -0.773. The van der Waals surface area contributed by atoms with Crippen molar-refractivity contribution in [3.63, 3.8) is 0 Å². The maximum atomic E-state index is 12.5. The number of hydrogen-bond acceptors (Lipinski definition) is 4. The Morgan fingerprint density at radius 1 is 0.759 bits per heavy atom. The molecule has 4 N–H and O–H groups in total. The summed E-state index contributed by atoms with van der Waals surface area (Å²) in [5.74, 6) is -1.69. The number of para-hydroxylation sites is 2. The fourth-order valence-electron chi connectivity index (χ4n) is 2.87. The smallest absolute Gasteiger partial charge is 0.303 e. The fourth-order valence-corrected chi connectivity index (χ4v) is 2.87. The molecule has 0 aliphatic carbocycles. The summed E-state index contributed by atoms with van der Waals surface area (Å²) in [5.41, 5.74) is 0.843. The summed E-state index contributed by atoms with van der Waals surface area (Å²) in [6.07, 6.45) is 4.36. The molecule has 0 spiro atoms. The van der Waals surface area contributed by atoms with Gasteiger partial charge in [-0.15, -0.1) is 0 Å². The first-order valence-corrected chi connectivity index (χ1v) is 9.67. The zero-order valence-electron chi connectivity index (χ0n) is 16.2. The van der Waals surface area contributed by atoms with E-state index in [1.54, 1.807) is 36.4 Å². The van der Waals surface area contributed by atoms with Gasteiger partial charge in [0.15, 0.2) is 0 Å². The lowest BCUT2D eigenvalue weighted by atomic mass is 10.1. The predicted octanol–water partition coefficient (Wildman–Crippen LogP) is 3.80. The van der Waals surface area contributed by atoms with Crippen LogP contribution in [0.15, 0.2) is 48.5 Å². The van der Waals surface area contributed by atoms with Crippen LogP contribution in [0.1, 0.15) is 59.2 Å². The summed E-state index contributed by atoms with van der Waals surface area (Å²) in [5, 5.41) is 23.9. The first-order chi connectivity index (χ1) is 14.0. The van der Waals surface area contributed by atoms with Gasteiger partial charge in [0.2, 0.25) is 0 Å². The van der Waals surface area contributed by atoms with Gasteiger partial charge in [0.1, 0.15) is 5.75 Å². The second kappa shape index (κ2) is 11.5. The molecule has 2 amide bonds. The largest absolute Gasteiger partial charge is 0.507 e. The van der Waals surface area contributed by atoms with Crippen LogP contribution < -0.4 is 10.6 Å². The average molecular weight is 398 g/mol. The van der Waals surface area contributed by atoms with Crippen molar-refractivity contribution in [1.82, 2.24) is 5.32 Å². The Hall–Kier alpha value is -3.35. The Morgan fingerprint density at radius 3 is 2.10 bits per heavy atom. The summed E-state index contributed by atoms with van der Waals surface area (Å²) in [7, 11) is 0. The van der Waals surface area contributed by atoms with E-state index in [2.05, 4.69) is 10.6 Å². The number of phenolic OH excluding ortho intramolecular Hbond substituents is 1. The second-order valence-electron chi connectivity index (χ2n) is 6.68. The van der Waals surface area contributed by atoms with Crippen LogP contribution in [0.4, 0.5) is 5.69 Å². The number of carboxylic acid groups (broad SMARTS) is 1. The first-order valence-electron chi connectivity index (χ1n) is 9.67. The van der Waals surface area contributed by atoms with E-state index in [9.17, 15) is 19.5 Å². The molecular weight excluding hydrogens is 372 g/mol. The van der Waals surface area contributed by atoms with Crippen LogP contribution in [-0.2, 0) is 4.79 Å². The number of unbranched alkanes of at least 4 members (excludes halogenated alkanes) is 4. The molecule has 0 aromatic heterocycles. The van der Waals surface area contributed by atoms with Crippen LogP contribution in [0, 0.1) is 0 Å². The maximum Gasteiger partial charge on any atom is 0.303 e. The normalized spacial score (nSPS) is 10.3. The van der Waals surface area contributed by atoms with Gasteiger partial charge in [0, 0.05) is 13.0 Å². The number of amides is 2. The van der Waals surface area contributed by atoms with Crippen molar-refractivity contribution in [1.29, 1.82) is 0 Å². The van der Waals surface area contributed by atoms with Crippen molar-refractivity contribution in [3.8, 4) is 5.75 Å². The van der Waals surface area contributed by atoms with Crippen molar-refractivity contribution in [2.75, 3.05) is 11.9 Å². The van der Waals surface area contributed by atoms with Crippen molar-refractivity contribution >= 4 is 23.5 Å². The van der Waals surface area contributed by atoms with Crippen LogP contribution in [0.25, 0.3) is 0 Å². The fraction of sp³-hybridized carbons (Fsp3) is 0.318. The van der Waals surface area contributed by atoms with Gasteiger partial charge < -0.3 is 20.8 Å². The molecule has 0 aliphatic heterocycles. The minimum Gasteiger partial charge on any atom is -0.507 e. The molecule has 0 saturated carbocycles. The molecule has 0 fully saturated rings. The highest BCUT2D eigenvalue weighted by Gasteiger charge is 2.15. The minimum absolute atomic E-state index is 0.129. The highest BCUT2D eigenvalue weighted by atomic mass is 16.4. The molecule has 0 bridgehead atoms. The van der Waals surface area contributed by atoms with Crippen LogP contribution in [-0.4, -0.2) is 34.5 Å². The third-order valence-corrected chi connectivity index (χ3v) is 4.42. The van der Waals surface area contributed by atoms with E-state index in [1.165, 1.54) is 12.1 Å². The molecule has 7 nitrogen and oxygen atoms in total. The number of anilines is 1. The number of nitrogens with one attached hydrogen (secondary N) is 2. The zero-order chi connectivity index (χ0) is 21.1. The monoisotopic (exact) mass is 398 g/mol. The van der Waals surface area contributed by atoms with Crippen LogP contribution >= 0.6 is 0 Å². The third kappa shape index (κ3) is 7.29. The lowest BCUT2D eigenvalue weighted by Gasteiger charge is -2.12. The Labute approximate surface area is 169 Å². The highest BCUT2D eigenvalue weighted by molar-refractivity contribution is 6.10. The van der Waals surface area contributed by atoms with Gasteiger partial charge in [0.25, 0.3) is 11.8 Å². The van der Waals surface area contributed by atoms with Crippen LogP contribution in [0.3, 0.4) is 0 Å². The Morgan fingerprint density at radius 2 is 1.38 bits per heavy atom. The van der Waals surface area contributed by atoms with Gasteiger partial charge >= 0.3 is 5.97 Å². The Balaban J connectivity index is 1.83. The lowest BCUT2D eigenvalue weighted by Crippen LogP contribution is -2.26. The van der Waals surface area contributed by atoms with Crippen LogP contribution in [0.5, 0.6) is 5.75 Å². The van der Waals surface area contributed by atoms with E-state index in [0.29, 0.717) is 24.2 Å². The molecule has 0 atom stereocenters. The number of carbonyl (C=O) groups excluding carboxylic acids is 2. The summed E-state index contributed by atoms with van der Waals surface area (Å²) >= 11 is 0. The molecule has 29 heavy (non-hydrogen) atoms. The summed E-state index contributed by atoms with van der Waals surface area (Å²) < 4.78 is 0. The molecule has 2 rings (SSSR count). The quantitative estimate of drug-likeness (QED) is 0.430. The first kappa shape index (κ1) is 21.9. The molecule has 0 radical (unpaired) electrons. The van der Waals surface area contributed by atoms with E-state index in [-0.39, 0.29) is 23.6 Å². The second-order valence-corrected chi connectivity index (χ2v) is 6.68. The topological polar surface area (TPSA) is 116 Å². The third-order valence-electron chi connectivity index (χ3n) is 4.42. The number of aliphatic carboxylic acids is 1.